The fourth-order valence-corrected chi connectivity index (χ4v) is 4.64. The molecule has 0 amide bonds. The zero-order valence-corrected chi connectivity index (χ0v) is 18.7. The Bertz CT molecular complexity index is 1130. The van der Waals surface area contributed by atoms with Gasteiger partial charge in [0, 0.05) is 23.7 Å². The van der Waals surface area contributed by atoms with E-state index in [0.717, 1.165) is 40.1 Å². The maximum absolute atomic E-state index is 9.93. The number of phenolic OH excluding ortho intramolecular Hbond substituents is 2. The van der Waals surface area contributed by atoms with Crippen LogP contribution in [0.3, 0.4) is 0 Å². The van der Waals surface area contributed by atoms with Crippen LogP contribution in [0.15, 0.2) is 66.7 Å². The summed E-state index contributed by atoms with van der Waals surface area (Å²) < 4.78 is 12.0. The van der Waals surface area contributed by atoms with Crippen LogP contribution in [0.4, 0.5) is 0 Å². The van der Waals surface area contributed by atoms with E-state index in [1.165, 1.54) is 32.4 Å². The van der Waals surface area contributed by atoms with Crippen LogP contribution in [0.5, 0.6) is 23.0 Å². The third-order valence-electron chi connectivity index (χ3n) is 6.39. The molecule has 0 aromatic heterocycles. The monoisotopic (exact) mass is 443 g/mol. The first-order valence-corrected chi connectivity index (χ1v) is 11.6. The molecule has 2 N–H and O–H groups in total. The Morgan fingerprint density at radius 1 is 0.788 bits per heavy atom. The molecule has 0 spiro atoms. The molecule has 5 rings (SSSR count). The normalized spacial score (nSPS) is 16.2. The van der Waals surface area contributed by atoms with Gasteiger partial charge in [-0.2, -0.15) is 0 Å². The van der Waals surface area contributed by atoms with Crippen LogP contribution in [0.2, 0.25) is 0 Å². The van der Waals surface area contributed by atoms with Crippen LogP contribution in [0.25, 0.3) is 11.1 Å². The molecule has 0 atom stereocenters. The summed E-state index contributed by atoms with van der Waals surface area (Å²) in [6, 6.07) is 20.6. The van der Waals surface area contributed by atoms with Gasteiger partial charge in [-0.05, 0) is 79.0 Å². The molecule has 0 bridgehead atoms. The van der Waals surface area contributed by atoms with Crippen molar-refractivity contribution < 1.29 is 19.7 Å². The van der Waals surface area contributed by atoms with Gasteiger partial charge in [0.2, 0.25) is 0 Å². The number of nitrogens with zero attached hydrogens (tertiary/aromatic N) is 1. The summed E-state index contributed by atoms with van der Waals surface area (Å²) in [6.45, 7) is 4.38. The maximum atomic E-state index is 9.93. The number of rotatable bonds is 6. The van der Waals surface area contributed by atoms with E-state index in [1.807, 2.05) is 30.3 Å². The van der Waals surface area contributed by atoms with Crippen molar-refractivity contribution in [2.24, 2.45) is 0 Å². The summed E-state index contributed by atoms with van der Waals surface area (Å²) in [5, 5.41) is 19.6. The lowest BCUT2D eigenvalue weighted by Crippen LogP contribution is -2.33. The summed E-state index contributed by atoms with van der Waals surface area (Å²) in [5.74, 6) is 1.93. The Morgan fingerprint density at radius 3 is 2.24 bits per heavy atom. The molecule has 2 aliphatic heterocycles. The smallest absolute Gasteiger partial charge is 0.131 e. The fourth-order valence-electron chi connectivity index (χ4n) is 4.64. The highest BCUT2D eigenvalue weighted by Gasteiger charge is 2.23. The highest BCUT2D eigenvalue weighted by atomic mass is 16.5. The number of fused-ring (bicyclic) bond motifs is 1. The summed E-state index contributed by atoms with van der Waals surface area (Å²) in [7, 11) is 0. The van der Waals surface area contributed by atoms with Crippen molar-refractivity contribution in [3.63, 3.8) is 0 Å². The quantitative estimate of drug-likeness (QED) is 0.540. The first-order chi connectivity index (χ1) is 16.2. The molecule has 2 aliphatic rings. The zero-order chi connectivity index (χ0) is 22.6. The number of phenols is 2. The van der Waals surface area contributed by atoms with Crippen molar-refractivity contribution in [1.29, 1.82) is 0 Å². The molecule has 1 fully saturated rings. The van der Waals surface area contributed by atoms with Gasteiger partial charge in [0.25, 0.3) is 0 Å². The minimum atomic E-state index is 0.179. The fraction of sp³-hybridized carbons (Fsp3) is 0.286. The number of benzene rings is 3. The van der Waals surface area contributed by atoms with E-state index in [0.29, 0.717) is 19.0 Å². The van der Waals surface area contributed by atoms with Gasteiger partial charge in [-0.25, -0.2) is 0 Å². The average Bonchev–Trinajstić information content (AvgIpc) is 2.85. The molecular formula is C28H29NO4. The van der Waals surface area contributed by atoms with Gasteiger partial charge < -0.3 is 19.7 Å². The minimum Gasteiger partial charge on any atom is -0.508 e. The third-order valence-corrected chi connectivity index (χ3v) is 6.39. The Morgan fingerprint density at radius 2 is 1.48 bits per heavy atom. The molecule has 1 saturated heterocycles. The predicted octanol–water partition coefficient (Wildman–Crippen LogP) is 5.31. The molecule has 170 valence electrons. The Balaban J connectivity index is 1.42. The van der Waals surface area contributed by atoms with E-state index in [-0.39, 0.29) is 11.5 Å². The number of hydrogen-bond acceptors (Lipinski definition) is 5. The van der Waals surface area contributed by atoms with Gasteiger partial charge in [-0.1, -0.05) is 30.7 Å². The van der Waals surface area contributed by atoms with Gasteiger partial charge in [-0.3, -0.25) is 4.90 Å². The molecule has 0 unspecified atom stereocenters. The minimum absolute atomic E-state index is 0.179. The summed E-state index contributed by atoms with van der Waals surface area (Å²) in [5.41, 5.74) is 5.06. The lowest BCUT2D eigenvalue weighted by atomic mass is 9.87. The molecule has 33 heavy (non-hydrogen) atoms. The van der Waals surface area contributed by atoms with Crippen LogP contribution < -0.4 is 9.47 Å². The highest BCUT2D eigenvalue weighted by molar-refractivity contribution is 6.01. The van der Waals surface area contributed by atoms with E-state index in [1.54, 1.807) is 24.3 Å². The first kappa shape index (κ1) is 21.4. The molecule has 5 heteroatoms. The molecule has 5 nitrogen and oxygen atoms in total. The Hall–Kier alpha value is -3.44. The highest BCUT2D eigenvalue weighted by Crippen LogP contribution is 2.42. The number of aromatic hydroxyl groups is 2. The van der Waals surface area contributed by atoms with Gasteiger partial charge >= 0.3 is 0 Å². The summed E-state index contributed by atoms with van der Waals surface area (Å²) in [6.07, 6.45) is 3.92. The van der Waals surface area contributed by atoms with E-state index in [2.05, 4.69) is 17.0 Å². The second-order valence-electron chi connectivity index (χ2n) is 8.64. The molecular weight excluding hydrogens is 414 g/mol. The third kappa shape index (κ3) is 4.83. The predicted molar refractivity (Wildman–Crippen MR) is 130 cm³/mol. The van der Waals surface area contributed by atoms with Crippen LogP contribution in [0.1, 0.15) is 36.0 Å². The number of hydrogen-bond donors (Lipinski definition) is 2. The molecule has 3 aromatic rings. The van der Waals surface area contributed by atoms with Gasteiger partial charge in [0.05, 0.1) is 0 Å². The van der Waals surface area contributed by atoms with Crippen LogP contribution in [0, 0.1) is 0 Å². The zero-order valence-electron chi connectivity index (χ0n) is 18.7. The molecule has 3 aromatic carbocycles. The van der Waals surface area contributed by atoms with Gasteiger partial charge in [0.15, 0.2) is 0 Å². The number of likely N-dealkylation sites (tertiary alicyclic amines) is 1. The SMILES string of the molecule is Oc1ccc(C2=C(c3ccc(OCCN4CCCCC4)cc3)c3ccc(O)cc3OC2)cc1. The van der Waals surface area contributed by atoms with Crippen molar-refractivity contribution in [2.45, 2.75) is 19.3 Å². The van der Waals surface area contributed by atoms with Crippen molar-refractivity contribution in [2.75, 3.05) is 32.8 Å². The van der Waals surface area contributed by atoms with E-state index in [4.69, 9.17) is 9.47 Å². The number of piperidine rings is 1. The van der Waals surface area contributed by atoms with Crippen molar-refractivity contribution in [1.82, 2.24) is 4.90 Å². The molecule has 0 aliphatic carbocycles. The summed E-state index contributed by atoms with van der Waals surface area (Å²) in [4.78, 5) is 2.47. The standard InChI is InChI=1S/C28H29NO4/c30-22-8-4-20(5-9-22)26-19-33-27-18-23(31)10-13-25(27)28(26)21-6-11-24(12-7-21)32-17-16-29-14-2-1-3-15-29/h4-13,18,30-31H,1-3,14-17,19H2. The summed E-state index contributed by atoms with van der Waals surface area (Å²) >= 11 is 0. The lowest BCUT2D eigenvalue weighted by Gasteiger charge is -2.26. The maximum Gasteiger partial charge on any atom is 0.131 e. The second kappa shape index (κ2) is 9.59. The lowest BCUT2D eigenvalue weighted by molar-refractivity contribution is 0.183. The second-order valence-corrected chi connectivity index (χ2v) is 8.64. The molecule has 0 radical (unpaired) electrons. The Labute approximate surface area is 194 Å². The van der Waals surface area contributed by atoms with Crippen LogP contribution >= 0.6 is 0 Å². The first-order valence-electron chi connectivity index (χ1n) is 11.6. The van der Waals surface area contributed by atoms with Crippen molar-refractivity contribution in [3.8, 4) is 23.0 Å². The number of ether oxygens (including phenoxy) is 2. The van der Waals surface area contributed by atoms with Gasteiger partial charge in [0.1, 0.15) is 36.2 Å². The van der Waals surface area contributed by atoms with Crippen molar-refractivity contribution >= 4 is 11.1 Å². The van der Waals surface area contributed by atoms with Gasteiger partial charge in [-0.15, -0.1) is 0 Å². The van der Waals surface area contributed by atoms with Crippen LogP contribution in [-0.2, 0) is 0 Å². The molecule has 2 heterocycles. The topological polar surface area (TPSA) is 62.2 Å². The molecule has 0 saturated carbocycles. The van der Waals surface area contributed by atoms with E-state index >= 15 is 0 Å². The van der Waals surface area contributed by atoms with E-state index in [9.17, 15) is 10.2 Å². The average molecular weight is 444 g/mol. The largest absolute Gasteiger partial charge is 0.508 e. The van der Waals surface area contributed by atoms with Crippen LogP contribution in [-0.4, -0.2) is 48.0 Å². The van der Waals surface area contributed by atoms with E-state index < -0.39 is 0 Å². The Kier molecular flexibility index (Phi) is 6.22. The van der Waals surface area contributed by atoms with Crippen molar-refractivity contribution in [3.05, 3.63) is 83.4 Å².